The van der Waals surface area contributed by atoms with Gasteiger partial charge in [0.2, 0.25) is 0 Å². The van der Waals surface area contributed by atoms with Gasteiger partial charge in [-0.3, -0.25) is 4.79 Å². The zero-order valence-electron chi connectivity index (χ0n) is 11.7. The van der Waals surface area contributed by atoms with E-state index in [2.05, 4.69) is 6.92 Å². The van der Waals surface area contributed by atoms with Gasteiger partial charge in [-0.1, -0.05) is 49.9 Å². The van der Waals surface area contributed by atoms with Gasteiger partial charge in [0.15, 0.2) is 5.78 Å². The quantitative estimate of drug-likeness (QED) is 0.648. The Kier molecular flexibility index (Phi) is 5.45. The van der Waals surface area contributed by atoms with E-state index in [0.717, 1.165) is 18.8 Å². The monoisotopic (exact) mass is 278 g/mol. The number of benzene rings is 1. The summed E-state index contributed by atoms with van der Waals surface area (Å²) >= 11 is 6.11. The molecule has 1 aromatic rings. The predicted molar refractivity (Wildman–Crippen MR) is 80.8 cm³/mol. The van der Waals surface area contributed by atoms with Crippen molar-refractivity contribution in [3.8, 4) is 0 Å². The average molecular weight is 279 g/mol. The normalized spacial score (nSPS) is 23.3. The lowest BCUT2D eigenvalue weighted by Gasteiger charge is -2.27. The topological polar surface area (TPSA) is 17.1 Å². The van der Waals surface area contributed by atoms with Gasteiger partial charge in [0, 0.05) is 11.5 Å². The average Bonchev–Trinajstić information content (AvgIpc) is 2.45. The first-order chi connectivity index (χ1) is 9.22. The zero-order chi connectivity index (χ0) is 13.7. The molecule has 0 saturated heterocycles. The van der Waals surface area contributed by atoms with Crippen molar-refractivity contribution >= 4 is 17.4 Å². The van der Waals surface area contributed by atoms with Crippen molar-refractivity contribution in [1.82, 2.24) is 0 Å². The minimum Gasteiger partial charge on any atom is -0.294 e. The Balaban J connectivity index is 1.91. The molecule has 1 fully saturated rings. The van der Waals surface area contributed by atoms with Crippen LogP contribution in [0.1, 0.15) is 62.2 Å². The van der Waals surface area contributed by atoms with E-state index < -0.39 is 0 Å². The van der Waals surface area contributed by atoms with E-state index in [4.69, 9.17) is 11.6 Å². The molecular formula is C17H23ClO. The first-order valence-corrected chi connectivity index (χ1v) is 7.89. The van der Waals surface area contributed by atoms with Crippen molar-refractivity contribution in [3.63, 3.8) is 0 Å². The van der Waals surface area contributed by atoms with Crippen LogP contribution in [0.4, 0.5) is 0 Å². The Hall–Kier alpha value is -0.820. The molecule has 1 saturated carbocycles. The number of hydrogen-bond donors (Lipinski definition) is 0. The number of carbonyl (C=O) groups excluding carboxylic acids is 1. The Morgan fingerprint density at radius 2 is 1.89 bits per heavy atom. The molecule has 0 N–H and O–H groups in total. The second-order valence-electron chi connectivity index (χ2n) is 5.70. The van der Waals surface area contributed by atoms with E-state index >= 15 is 0 Å². The van der Waals surface area contributed by atoms with Crippen LogP contribution in [-0.4, -0.2) is 5.78 Å². The molecule has 1 aliphatic carbocycles. The Morgan fingerprint density at radius 3 is 2.53 bits per heavy atom. The minimum atomic E-state index is 0.192. The molecule has 2 heteroatoms. The Morgan fingerprint density at radius 1 is 1.21 bits per heavy atom. The highest BCUT2D eigenvalue weighted by Crippen LogP contribution is 2.34. The number of halogens is 1. The summed E-state index contributed by atoms with van der Waals surface area (Å²) in [5, 5.41) is 0.598. The van der Waals surface area contributed by atoms with Crippen LogP contribution < -0.4 is 0 Å². The van der Waals surface area contributed by atoms with Crippen molar-refractivity contribution in [2.45, 2.75) is 51.9 Å². The standard InChI is InChI=1S/C17H23ClO/c1-2-3-6-13-9-11-14(12-10-13)17(19)15-7-4-5-8-16(15)18/h4-5,7-8,13-14H,2-3,6,9-12H2,1H3. The first-order valence-electron chi connectivity index (χ1n) is 7.51. The van der Waals surface area contributed by atoms with Crippen LogP contribution >= 0.6 is 11.6 Å². The molecular weight excluding hydrogens is 256 g/mol. The molecule has 0 radical (unpaired) electrons. The van der Waals surface area contributed by atoms with E-state index in [0.29, 0.717) is 10.6 Å². The van der Waals surface area contributed by atoms with Gasteiger partial charge in [-0.2, -0.15) is 0 Å². The third kappa shape index (κ3) is 3.82. The molecule has 0 heterocycles. The fourth-order valence-electron chi connectivity index (χ4n) is 3.09. The van der Waals surface area contributed by atoms with Crippen LogP contribution in [0.5, 0.6) is 0 Å². The number of unbranched alkanes of at least 4 members (excludes halogenated alkanes) is 1. The highest BCUT2D eigenvalue weighted by molar-refractivity contribution is 6.34. The maximum Gasteiger partial charge on any atom is 0.167 e. The van der Waals surface area contributed by atoms with Gasteiger partial charge < -0.3 is 0 Å². The molecule has 2 rings (SSSR count). The van der Waals surface area contributed by atoms with Crippen molar-refractivity contribution < 1.29 is 4.79 Å². The fourth-order valence-corrected chi connectivity index (χ4v) is 3.32. The van der Waals surface area contributed by atoms with Crippen LogP contribution in [0.2, 0.25) is 5.02 Å². The molecule has 1 aromatic carbocycles. The van der Waals surface area contributed by atoms with Gasteiger partial charge in [-0.15, -0.1) is 0 Å². The van der Waals surface area contributed by atoms with E-state index in [9.17, 15) is 4.79 Å². The number of carbonyl (C=O) groups is 1. The molecule has 104 valence electrons. The summed E-state index contributed by atoms with van der Waals surface area (Å²) in [5.41, 5.74) is 0.709. The van der Waals surface area contributed by atoms with Crippen LogP contribution in [0.3, 0.4) is 0 Å². The van der Waals surface area contributed by atoms with Gasteiger partial charge in [0.05, 0.1) is 5.02 Å². The van der Waals surface area contributed by atoms with Crippen LogP contribution in [0.15, 0.2) is 24.3 Å². The molecule has 1 nitrogen and oxygen atoms in total. The van der Waals surface area contributed by atoms with Crippen LogP contribution in [0.25, 0.3) is 0 Å². The number of ketones is 1. The second kappa shape index (κ2) is 7.09. The van der Waals surface area contributed by atoms with Gasteiger partial charge in [-0.25, -0.2) is 0 Å². The maximum atomic E-state index is 12.5. The summed E-state index contributed by atoms with van der Waals surface area (Å²) in [6, 6.07) is 7.43. The molecule has 0 aliphatic heterocycles. The lowest BCUT2D eigenvalue weighted by atomic mass is 9.77. The van der Waals surface area contributed by atoms with Gasteiger partial charge >= 0.3 is 0 Å². The molecule has 19 heavy (non-hydrogen) atoms. The van der Waals surface area contributed by atoms with Crippen LogP contribution in [-0.2, 0) is 0 Å². The fraction of sp³-hybridized carbons (Fsp3) is 0.588. The number of Topliss-reactive ketones (excluding diaryl/α,β-unsaturated/α-hetero) is 1. The Labute approximate surface area is 121 Å². The third-order valence-electron chi connectivity index (χ3n) is 4.32. The predicted octanol–water partition coefficient (Wildman–Crippen LogP) is 5.52. The summed E-state index contributed by atoms with van der Waals surface area (Å²) in [6.45, 7) is 2.24. The smallest absolute Gasteiger partial charge is 0.167 e. The summed E-state index contributed by atoms with van der Waals surface area (Å²) in [5.74, 6) is 1.28. The van der Waals surface area contributed by atoms with Crippen molar-refractivity contribution in [3.05, 3.63) is 34.9 Å². The molecule has 0 unspecified atom stereocenters. The van der Waals surface area contributed by atoms with Gasteiger partial charge in [0.1, 0.15) is 0 Å². The zero-order valence-corrected chi connectivity index (χ0v) is 12.5. The molecule has 0 bridgehead atoms. The lowest BCUT2D eigenvalue weighted by Crippen LogP contribution is -2.22. The highest BCUT2D eigenvalue weighted by atomic mass is 35.5. The second-order valence-corrected chi connectivity index (χ2v) is 6.11. The molecule has 0 atom stereocenters. The van der Waals surface area contributed by atoms with Crippen molar-refractivity contribution in [2.24, 2.45) is 11.8 Å². The SMILES string of the molecule is CCCCC1CCC(C(=O)c2ccccc2Cl)CC1. The van der Waals surface area contributed by atoms with Gasteiger partial charge in [-0.05, 0) is 43.7 Å². The summed E-state index contributed by atoms with van der Waals surface area (Å²) < 4.78 is 0. The van der Waals surface area contributed by atoms with E-state index in [-0.39, 0.29) is 11.7 Å². The highest BCUT2D eigenvalue weighted by Gasteiger charge is 2.27. The molecule has 0 aromatic heterocycles. The maximum absolute atomic E-state index is 12.5. The van der Waals surface area contributed by atoms with Crippen LogP contribution in [0, 0.1) is 11.8 Å². The first kappa shape index (κ1) is 14.6. The summed E-state index contributed by atoms with van der Waals surface area (Å²) in [6.07, 6.45) is 8.44. The van der Waals surface area contributed by atoms with E-state index in [1.165, 1.54) is 32.1 Å². The number of hydrogen-bond acceptors (Lipinski definition) is 1. The summed E-state index contributed by atoms with van der Waals surface area (Å²) in [4.78, 5) is 12.5. The van der Waals surface area contributed by atoms with Crippen molar-refractivity contribution in [2.75, 3.05) is 0 Å². The van der Waals surface area contributed by atoms with E-state index in [1.807, 2.05) is 24.3 Å². The molecule has 0 amide bonds. The third-order valence-corrected chi connectivity index (χ3v) is 4.65. The lowest BCUT2D eigenvalue weighted by molar-refractivity contribution is 0.0869. The minimum absolute atomic E-state index is 0.192. The summed E-state index contributed by atoms with van der Waals surface area (Å²) in [7, 11) is 0. The van der Waals surface area contributed by atoms with Crippen molar-refractivity contribution in [1.29, 1.82) is 0 Å². The molecule has 0 spiro atoms. The van der Waals surface area contributed by atoms with E-state index in [1.54, 1.807) is 0 Å². The van der Waals surface area contributed by atoms with Gasteiger partial charge in [0.25, 0.3) is 0 Å². The Bertz CT molecular complexity index is 419. The molecule has 1 aliphatic rings. The largest absolute Gasteiger partial charge is 0.294 e. The number of rotatable bonds is 5.